The summed E-state index contributed by atoms with van der Waals surface area (Å²) in [6.45, 7) is 0. The van der Waals surface area contributed by atoms with Crippen molar-refractivity contribution in [1.82, 2.24) is 0 Å². The zero-order chi connectivity index (χ0) is 8.67. The summed E-state index contributed by atoms with van der Waals surface area (Å²) >= 11 is 1.27. The number of nitrogens with one attached hydrogen (secondary N) is 1. The summed E-state index contributed by atoms with van der Waals surface area (Å²) in [6.07, 6.45) is 0. The van der Waals surface area contributed by atoms with Crippen molar-refractivity contribution in [2.45, 2.75) is 0 Å². The second-order valence-corrected chi connectivity index (χ2v) is 3.47. The summed E-state index contributed by atoms with van der Waals surface area (Å²) in [5.74, 6) is 0.920. The van der Waals surface area contributed by atoms with Crippen LogP contribution in [-0.2, 0) is 0 Å². The Morgan fingerprint density at radius 2 is 2.00 bits per heavy atom. The minimum atomic E-state index is 0.920. The van der Waals surface area contributed by atoms with Crippen LogP contribution in [0.3, 0.4) is 0 Å². The van der Waals surface area contributed by atoms with Crippen LogP contribution in [0, 0.1) is 0 Å². The minimum absolute atomic E-state index is 0.920. The standard InChI is InChI=1S/C10H7NOS/c1-2-4-8-7(3-1)5-6-9-10(8)11-13-12-9/h1-6,11H. The number of hydrogen-bond donors (Lipinski definition) is 1. The second kappa shape index (κ2) is 2.57. The van der Waals surface area contributed by atoms with E-state index in [1.807, 2.05) is 18.2 Å². The normalized spacial score (nSPS) is 13.5. The van der Waals surface area contributed by atoms with Gasteiger partial charge in [-0.1, -0.05) is 30.3 Å². The molecule has 0 aliphatic carbocycles. The molecule has 0 saturated heterocycles. The first-order chi connectivity index (χ1) is 6.45. The molecule has 0 aromatic heterocycles. The number of hydrogen-bond acceptors (Lipinski definition) is 3. The van der Waals surface area contributed by atoms with Gasteiger partial charge in [-0.3, -0.25) is 4.72 Å². The van der Waals surface area contributed by atoms with Gasteiger partial charge in [-0.25, -0.2) is 0 Å². The van der Waals surface area contributed by atoms with Crippen LogP contribution in [-0.4, -0.2) is 0 Å². The fourth-order valence-electron chi connectivity index (χ4n) is 1.53. The molecule has 1 aliphatic heterocycles. The van der Waals surface area contributed by atoms with Gasteiger partial charge in [0.2, 0.25) is 0 Å². The first-order valence-corrected chi connectivity index (χ1v) is 4.80. The van der Waals surface area contributed by atoms with Gasteiger partial charge in [-0.05, 0) is 11.5 Å². The van der Waals surface area contributed by atoms with E-state index < -0.39 is 0 Å². The van der Waals surface area contributed by atoms with E-state index in [-0.39, 0.29) is 0 Å². The van der Waals surface area contributed by atoms with E-state index in [1.54, 1.807) is 0 Å². The Bertz CT molecular complexity index is 469. The highest BCUT2D eigenvalue weighted by Gasteiger charge is 2.14. The van der Waals surface area contributed by atoms with Gasteiger partial charge < -0.3 is 4.18 Å². The number of anilines is 1. The van der Waals surface area contributed by atoms with Crippen molar-refractivity contribution in [1.29, 1.82) is 0 Å². The van der Waals surface area contributed by atoms with Gasteiger partial charge in [0.25, 0.3) is 0 Å². The van der Waals surface area contributed by atoms with E-state index in [0.29, 0.717) is 0 Å². The summed E-state index contributed by atoms with van der Waals surface area (Å²) in [4.78, 5) is 0. The Morgan fingerprint density at radius 3 is 3.00 bits per heavy atom. The van der Waals surface area contributed by atoms with Crippen LogP contribution in [0.5, 0.6) is 5.75 Å². The van der Waals surface area contributed by atoms with E-state index in [4.69, 9.17) is 4.18 Å². The molecular weight excluding hydrogens is 182 g/mol. The molecule has 1 heterocycles. The highest BCUT2D eigenvalue weighted by atomic mass is 32.2. The Balaban J connectivity index is 2.43. The van der Waals surface area contributed by atoms with Gasteiger partial charge in [0.1, 0.15) is 0 Å². The average Bonchev–Trinajstić information content (AvgIpc) is 2.65. The molecule has 1 N–H and O–H groups in total. The van der Waals surface area contributed by atoms with E-state index in [2.05, 4.69) is 22.9 Å². The molecule has 0 atom stereocenters. The molecule has 0 amide bonds. The number of rotatable bonds is 0. The second-order valence-electron chi connectivity index (χ2n) is 2.93. The summed E-state index contributed by atoms with van der Waals surface area (Å²) in [5.41, 5.74) is 1.09. The fraction of sp³-hybridized carbons (Fsp3) is 0. The van der Waals surface area contributed by atoms with Crippen LogP contribution in [0.25, 0.3) is 10.8 Å². The summed E-state index contributed by atoms with van der Waals surface area (Å²) < 4.78 is 8.45. The van der Waals surface area contributed by atoms with Crippen molar-refractivity contribution in [2.75, 3.05) is 4.72 Å². The molecule has 13 heavy (non-hydrogen) atoms. The van der Waals surface area contributed by atoms with Crippen LogP contribution in [0.4, 0.5) is 5.69 Å². The molecular formula is C10H7NOS. The van der Waals surface area contributed by atoms with Gasteiger partial charge in [0.15, 0.2) is 18.0 Å². The zero-order valence-electron chi connectivity index (χ0n) is 6.78. The molecule has 2 nitrogen and oxygen atoms in total. The van der Waals surface area contributed by atoms with Gasteiger partial charge in [-0.2, -0.15) is 0 Å². The van der Waals surface area contributed by atoms with Crippen molar-refractivity contribution in [3.8, 4) is 5.75 Å². The van der Waals surface area contributed by atoms with Crippen LogP contribution in [0.15, 0.2) is 36.4 Å². The van der Waals surface area contributed by atoms with E-state index in [1.165, 1.54) is 23.0 Å². The van der Waals surface area contributed by atoms with Gasteiger partial charge in [-0.15, -0.1) is 0 Å². The highest BCUT2D eigenvalue weighted by molar-refractivity contribution is 7.96. The molecule has 0 fully saturated rings. The molecule has 0 radical (unpaired) electrons. The van der Waals surface area contributed by atoms with Crippen LogP contribution < -0.4 is 8.91 Å². The molecule has 0 spiro atoms. The lowest BCUT2D eigenvalue weighted by molar-refractivity contribution is 0.666. The quantitative estimate of drug-likeness (QED) is 0.508. The number of fused-ring (bicyclic) bond motifs is 3. The SMILES string of the molecule is c1ccc2c3c(ccc2c1)OSN3. The first kappa shape index (κ1) is 7.09. The summed E-state index contributed by atoms with van der Waals surface area (Å²) in [5, 5.41) is 2.45. The third-order valence-electron chi connectivity index (χ3n) is 2.17. The maximum Gasteiger partial charge on any atom is 0.176 e. The maximum absolute atomic E-state index is 5.31. The predicted molar refractivity (Wildman–Crippen MR) is 55.8 cm³/mol. The molecule has 0 saturated carbocycles. The lowest BCUT2D eigenvalue weighted by Gasteiger charge is -2.00. The van der Waals surface area contributed by atoms with E-state index in [9.17, 15) is 0 Å². The molecule has 2 aromatic rings. The Kier molecular flexibility index (Phi) is 1.40. The number of benzene rings is 2. The van der Waals surface area contributed by atoms with Gasteiger partial charge in [0.05, 0.1) is 5.69 Å². The van der Waals surface area contributed by atoms with Crippen LogP contribution in [0.2, 0.25) is 0 Å². The fourth-order valence-corrected chi connectivity index (χ4v) is 2.10. The van der Waals surface area contributed by atoms with E-state index >= 15 is 0 Å². The average molecular weight is 189 g/mol. The first-order valence-electron chi connectivity index (χ1n) is 4.06. The molecule has 0 bridgehead atoms. The lowest BCUT2D eigenvalue weighted by Crippen LogP contribution is -1.79. The molecule has 64 valence electrons. The van der Waals surface area contributed by atoms with Gasteiger partial charge in [0, 0.05) is 5.39 Å². The summed E-state index contributed by atoms with van der Waals surface area (Å²) in [6, 6.07) is 12.3. The van der Waals surface area contributed by atoms with Gasteiger partial charge >= 0.3 is 0 Å². The zero-order valence-corrected chi connectivity index (χ0v) is 7.60. The highest BCUT2D eigenvalue weighted by Crippen LogP contribution is 2.40. The predicted octanol–water partition coefficient (Wildman–Crippen LogP) is 3.21. The molecule has 2 aromatic carbocycles. The third kappa shape index (κ3) is 0.971. The van der Waals surface area contributed by atoms with Crippen molar-refractivity contribution in [3.05, 3.63) is 36.4 Å². The maximum atomic E-state index is 5.31. The van der Waals surface area contributed by atoms with Crippen molar-refractivity contribution in [2.24, 2.45) is 0 Å². The molecule has 3 heteroatoms. The lowest BCUT2D eigenvalue weighted by atomic mass is 10.1. The topological polar surface area (TPSA) is 21.3 Å². The molecule has 0 unspecified atom stereocenters. The summed E-state index contributed by atoms with van der Waals surface area (Å²) in [7, 11) is 0. The van der Waals surface area contributed by atoms with Crippen LogP contribution >= 0.6 is 12.2 Å². The largest absolute Gasteiger partial charge is 0.403 e. The Morgan fingerprint density at radius 1 is 1.08 bits per heavy atom. The van der Waals surface area contributed by atoms with Crippen molar-refractivity contribution >= 4 is 28.7 Å². The Labute approximate surface area is 80.2 Å². The molecule has 1 aliphatic rings. The smallest absolute Gasteiger partial charge is 0.176 e. The molecule has 3 rings (SSSR count). The minimum Gasteiger partial charge on any atom is -0.403 e. The van der Waals surface area contributed by atoms with Crippen molar-refractivity contribution in [3.63, 3.8) is 0 Å². The van der Waals surface area contributed by atoms with Crippen LogP contribution in [0.1, 0.15) is 0 Å². The Hall–Kier alpha value is -1.35. The monoisotopic (exact) mass is 189 g/mol. The third-order valence-corrected chi connectivity index (χ3v) is 2.72. The van der Waals surface area contributed by atoms with E-state index in [0.717, 1.165) is 11.4 Å². The van der Waals surface area contributed by atoms with Crippen molar-refractivity contribution < 1.29 is 4.18 Å².